The van der Waals surface area contributed by atoms with E-state index >= 15 is 0 Å². The van der Waals surface area contributed by atoms with E-state index in [1.807, 2.05) is 37.3 Å². The highest BCUT2D eigenvalue weighted by atomic mass is 35.5. The van der Waals surface area contributed by atoms with Gasteiger partial charge in [-0.1, -0.05) is 48.9 Å². The molecule has 10 heteroatoms. The van der Waals surface area contributed by atoms with Gasteiger partial charge in [0.05, 0.1) is 10.7 Å². The minimum Gasteiger partial charge on any atom is -0.504 e. The second kappa shape index (κ2) is 8.96. The summed E-state index contributed by atoms with van der Waals surface area (Å²) in [4.78, 5) is 24.1. The fourth-order valence-corrected chi connectivity index (χ4v) is 4.92. The average molecular weight is 466 g/mol. The second-order valence-electron chi connectivity index (χ2n) is 7.43. The highest BCUT2D eigenvalue weighted by molar-refractivity contribution is 7.89. The second-order valence-corrected chi connectivity index (χ2v) is 9.92. The maximum atomic E-state index is 12.5. The standard InChI is InChI=1S/C21H24ClN3O5S/c1-4-14(12-8-6-5-7-9-12)23-16-17(20(28)19(16)27)24-15-11-10-13(22)21(18(15)26)31(29,30)25(2)3/h5-11,14,16-17,23-24,26H,4H2,1-3H3/t14-,16?,17?/m1/s1. The Morgan fingerprint density at radius 3 is 2.26 bits per heavy atom. The van der Waals surface area contributed by atoms with Crippen LogP contribution in [-0.2, 0) is 19.6 Å². The third-order valence-corrected chi connectivity index (χ3v) is 7.58. The topological polar surface area (TPSA) is 116 Å². The molecular weight excluding hydrogens is 442 g/mol. The first-order chi connectivity index (χ1) is 14.6. The van der Waals surface area contributed by atoms with Crippen molar-refractivity contribution in [3.05, 3.63) is 53.1 Å². The third kappa shape index (κ3) is 4.31. The number of aromatic hydroxyl groups is 1. The van der Waals surface area contributed by atoms with Crippen LogP contribution < -0.4 is 10.6 Å². The Kier molecular flexibility index (Phi) is 6.70. The maximum absolute atomic E-state index is 12.5. The number of Topliss-reactive ketones (excluding diaryl/α,β-unsaturated/α-hetero) is 2. The molecule has 0 saturated heterocycles. The largest absolute Gasteiger partial charge is 0.504 e. The Balaban J connectivity index is 1.88. The van der Waals surface area contributed by atoms with E-state index in [1.54, 1.807) is 0 Å². The lowest BCUT2D eigenvalue weighted by Gasteiger charge is -2.37. The molecule has 8 nitrogen and oxygen atoms in total. The molecule has 1 aliphatic rings. The van der Waals surface area contributed by atoms with Crippen LogP contribution in [0.2, 0.25) is 5.02 Å². The number of anilines is 1. The number of nitrogens with one attached hydrogen (secondary N) is 2. The monoisotopic (exact) mass is 465 g/mol. The Labute approximate surface area is 186 Å². The quantitative estimate of drug-likeness (QED) is 0.404. The number of ketones is 2. The zero-order chi connectivity index (χ0) is 22.9. The number of hydrogen-bond acceptors (Lipinski definition) is 7. The van der Waals surface area contributed by atoms with Crippen molar-refractivity contribution in [2.45, 2.75) is 36.4 Å². The van der Waals surface area contributed by atoms with Crippen LogP contribution in [0.15, 0.2) is 47.4 Å². The molecule has 166 valence electrons. The molecule has 31 heavy (non-hydrogen) atoms. The van der Waals surface area contributed by atoms with Crippen molar-refractivity contribution in [1.29, 1.82) is 0 Å². The number of phenolic OH excluding ortho intramolecular Hbond substituents is 1. The molecule has 0 spiro atoms. The zero-order valence-electron chi connectivity index (χ0n) is 17.3. The molecular formula is C21H24ClN3O5S. The highest BCUT2D eigenvalue weighted by Crippen LogP contribution is 2.39. The van der Waals surface area contributed by atoms with Crippen LogP contribution in [0.25, 0.3) is 0 Å². The lowest BCUT2D eigenvalue weighted by Crippen LogP contribution is -2.67. The van der Waals surface area contributed by atoms with Gasteiger partial charge in [0, 0.05) is 20.1 Å². The van der Waals surface area contributed by atoms with E-state index in [4.69, 9.17) is 11.6 Å². The first kappa shape index (κ1) is 23.2. The zero-order valence-corrected chi connectivity index (χ0v) is 18.9. The van der Waals surface area contributed by atoms with E-state index in [9.17, 15) is 23.1 Å². The van der Waals surface area contributed by atoms with Crippen molar-refractivity contribution in [1.82, 2.24) is 9.62 Å². The van der Waals surface area contributed by atoms with Gasteiger partial charge in [0.15, 0.2) is 5.75 Å². The van der Waals surface area contributed by atoms with Crippen molar-refractivity contribution in [3.8, 4) is 5.75 Å². The molecule has 3 N–H and O–H groups in total. The van der Waals surface area contributed by atoms with E-state index in [-0.39, 0.29) is 16.8 Å². The smallest absolute Gasteiger partial charge is 0.247 e. The van der Waals surface area contributed by atoms with Crippen molar-refractivity contribution >= 4 is 38.9 Å². The van der Waals surface area contributed by atoms with Crippen LogP contribution >= 0.6 is 11.6 Å². The number of carbonyl (C=O) groups is 2. The number of rotatable bonds is 8. The van der Waals surface area contributed by atoms with Crippen molar-refractivity contribution < 1.29 is 23.1 Å². The number of phenols is 1. The molecule has 1 saturated carbocycles. The summed E-state index contributed by atoms with van der Waals surface area (Å²) in [5.74, 6) is -1.82. The van der Waals surface area contributed by atoms with Gasteiger partial charge in [-0.15, -0.1) is 0 Å². The summed E-state index contributed by atoms with van der Waals surface area (Å²) in [6, 6.07) is 10.3. The van der Waals surface area contributed by atoms with Gasteiger partial charge in [0.2, 0.25) is 21.6 Å². The van der Waals surface area contributed by atoms with Crippen LogP contribution in [0.5, 0.6) is 5.75 Å². The minimum atomic E-state index is -4.04. The van der Waals surface area contributed by atoms with Crippen LogP contribution in [0.4, 0.5) is 5.69 Å². The van der Waals surface area contributed by atoms with Crippen molar-refractivity contribution in [2.75, 3.05) is 19.4 Å². The Morgan fingerprint density at radius 2 is 1.68 bits per heavy atom. The van der Waals surface area contributed by atoms with Gasteiger partial charge in [-0.3, -0.25) is 14.9 Å². The van der Waals surface area contributed by atoms with Gasteiger partial charge in [0.1, 0.15) is 17.0 Å². The molecule has 0 aromatic heterocycles. The molecule has 0 radical (unpaired) electrons. The van der Waals surface area contributed by atoms with Crippen LogP contribution in [0, 0.1) is 0 Å². The molecule has 0 aliphatic heterocycles. The highest BCUT2D eigenvalue weighted by Gasteiger charge is 2.50. The lowest BCUT2D eigenvalue weighted by atomic mass is 9.81. The minimum absolute atomic E-state index is 0.00441. The lowest BCUT2D eigenvalue weighted by molar-refractivity contribution is -0.145. The first-order valence-corrected chi connectivity index (χ1v) is 11.5. The fourth-order valence-electron chi connectivity index (χ4n) is 3.44. The van der Waals surface area contributed by atoms with E-state index in [2.05, 4.69) is 10.6 Å². The maximum Gasteiger partial charge on any atom is 0.247 e. The summed E-state index contributed by atoms with van der Waals surface area (Å²) in [6.45, 7) is 1.96. The van der Waals surface area contributed by atoms with Gasteiger partial charge >= 0.3 is 0 Å². The van der Waals surface area contributed by atoms with Crippen LogP contribution in [-0.4, -0.2) is 55.6 Å². The number of carbonyl (C=O) groups excluding carboxylic acids is 2. The summed E-state index contributed by atoms with van der Waals surface area (Å²) in [5.41, 5.74) is 0.972. The molecule has 0 bridgehead atoms. The van der Waals surface area contributed by atoms with Gasteiger partial charge in [0.25, 0.3) is 0 Å². The van der Waals surface area contributed by atoms with Crippen LogP contribution in [0.1, 0.15) is 24.9 Å². The van der Waals surface area contributed by atoms with Crippen molar-refractivity contribution in [3.63, 3.8) is 0 Å². The Morgan fingerprint density at radius 1 is 1.06 bits per heavy atom. The number of benzene rings is 2. The number of halogens is 1. The van der Waals surface area contributed by atoms with Gasteiger partial charge in [-0.05, 0) is 24.1 Å². The number of sulfonamides is 1. The summed E-state index contributed by atoms with van der Waals surface area (Å²) in [7, 11) is -1.41. The number of nitrogens with zero attached hydrogens (tertiary/aromatic N) is 1. The molecule has 0 amide bonds. The average Bonchev–Trinajstić information content (AvgIpc) is 2.74. The molecule has 2 aromatic rings. The molecule has 0 heterocycles. The molecule has 1 aliphatic carbocycles. The molecule has 1 fully saturated rings. The summed E-state index contributed by atoms with van der Waals surface area (Å²) >= 11 is 6.02. The van der Waals surface area contributed by atoms with Crippen molar-refractivity contribution in [2.24, 2.45) is 0 Å². The van der Waals surface area contributed by atoms with E-state index in [0.717, 1.165) is 9.87 Å². The van der Waals surface area contributed by atoms with Gasteiger partial charge in [-0.25, -0.2) is 12.7 Å². The molecule has 3 atom stereocenters. The molecule has 2 aromatic carbocycles. The molecule has 3 rings (SSSR count). The van der Waals surface area contributed by atoms with Crippen LogP contribution in [0.3, 0.4) is 0 Å². The van der Waals surface area contributed by atoms with E-state index < -0.39 is 44.3 Å². The summed E-state index contributed by atoms with van der Waals surface area (Å²) in [6.07, 6.45) is 0.687. The SMILES string of the molecule is CC[C@@H](NC1C(=O)C(=O)C1Nc1ccc(Cl)c(S(=O)(=O)N(C)C)c1O)c1ccccc1. The molecule has 2 unspecified atom stereocenters. The fraction of sp³-hybridized carbons (Fsp3) is 0.333. The third-order valence-electron chi connectivity index (χ3n) is 5.27. The normalized spacial score (nSPS) is 19.9. The predicted molar refractivity (Wildman–Crippen MR) is 118 cm³/mol. The first-order valence-electron chi connectivity index (χ1n) is 9.69. The summed E-state index contributed by atoms with van der Waals surface area (Å²) in [5, 5.41) is 16.5. The van der Waals surface area contributed by atoms with E-state index in [0.29, 0.717) is 6.42 Å². The predicted octanol–water partition coefficient (Wildman–Crippen LogP) is 2.34. The Bertz CT molecular complexity index is 1110. The van der Waals surface area contributed by atoms with Gasteiger partial charge in [-0.2, -0.15) is 0 Å². The Hall–Kier alpha value is -2.46. The van der Waals surface area contributed by atoms with E-state index in [1.165, 1.54) is 26.2 Å². The number of hydrogen-bond donors (Lipinski definition) is 3. The van der Waals surface area contributed by atoms with Gasteiger partial charge < -0.3 is 10.4 Å². The summed E-state index contributed by atoms with van der Waals surface area (Å²) < 4.78 is 26.0.